The Balaban J connectivity index is 1.72. The lowest BCUT2D eigenvalue weighted by Crippen LogP contribution is -2.37. The molecule has 0 radical (unpaired) electrons. The SMILES string of the molecule is COC1(c2noc(CC(=O)C3CC3)n2)CCC(C)(C)CC1. The van der Waals surface area contributed by atoms with Gasteiger partial charge in [0.25, 0.3) is 0 Å². The zero-order chi connectivity index (χ0) is 15.1. The lowest BCUT2D eigenvalue weighted by Gasteiger charge is -2.40. The second kappa shape index (κ2) is 5.20. The molecule has 0 bridgehead atoms. The molecule has 3 rings (SSSR count). The van der Waals surface area contributed by atoms with Gasteiger partial charge in [0.15, 0.2) is 0 Å². The number of aromatic nitrogens is 2. The van der Waals surface area contributed by atoms with E-state index in [-0.39, 0.29) is 18.1 Å². The average molecular weight is 292 g/mol. The van der Waals surface area contributed by atoms with Crippen molar-refractivity contribution in [3.63, 3.8) is 0 Å². The molecular weight excluding hydrogens is 268 g/mol. The number of carbonyl (C=O) groups excluding carboxylic acids is 1. The van der Waals surface area contributed by atoms with Crippen LogP contribution in [0.5, 0.6) is 0 Å². The second-order valence-corrected chi connectivity index (χ2v) is 7.29. The summed E-state index contributed by atoms with van der Waals surface area (Å²) in [5.74, 6) is 1.50. The van der Waals surface area contributed by atoms with E-state index in [9.17, 15) is 4.79 Å². The smallest absolute Gasteiger partial charge is 0.234 e. The maximum Gasteiger partial charge on any atom is 0.234 e. The molecule has 0 N–H and O–H groups in total. The van der Waals surface area contributed by atoms with Gasteiger partial charge in [-0.1, -0.05) is 19.0 Å². The molecule has 1 aromatic rings. The first-order valence-electron chi connectivity index (χ1n) is 7.85. The predicted molar refractivity (Wildman–Crippen MR) is 76.7 cm³/mol. The summed E-state index contributed by atoms with van der Waals surface area (Å²) in [6.45, 7) is 4.56. The average Bonchev–Trinajstić information content (AvgIpc) is 3.21. The van der Waals surface area contributed by atoms with Crippen molar-refractivity contribution in [2.24, 2.45) is 11.3 Å². The van der Waals surface area contributed by atoms with E-state index >= 15 is 0 Å². The molecule has 0 atom stereocenters. The fourth-order valence-corrected chi connectivity index (χ4v) is 3.06. The third kappa shape index (κ3) is 3.03. The number of nitrogens with zero attached hydrogens (tertiary/aromatic N) is 2. The van der Waals surface area contributed by atoms with Crippen molar-refractivity contribution in [1.82, 2.24) is 10.1 Å². The molecule has 5 nitrogen and oxygen atoms in total. The van der Waals surface area contributed by atoms with Gasteiger partial charge in [-0.3, -0.25) is 4.79 Å². The third-order valence-corrected chi connectivity index (χ3v) is 5.04. The molecule has 0 aliphatic heterocycles. The zero-order valence-corrected chi connectivity index (χ0v) is 13.1. The minimum absolute atomic E-state index is 0.224. The van der Waals surface area contributed by atoms with Crippen LogP contribution >= 0.6 is 0 Å². The first kappa shape index (κ1) is 14.7. The van der Waals surface area contributed by atoms with E-state index in [0.717, 1.165) is 38.5 Å². The van der Waals surface area contributed by atoms with Gasteiger partial charge < -0.3 is 9.26 Å². The molecule has 2 aliphatic rings. The molecule has 2 saturated carbocycles. The Bertz CT molecular complexity index is 521. The molecule has 5 heteroatoms. The fraction of sp³-hybridized carbons (Fsp3) is 0.812. The van der Waals surface area contributed by atoms with Crippen LogP contribution < -0.4 is 0 Å². The van der Waals surface area contributed by atoms with Crippen molar-refractivity contribution in [3.8, 4) is 0 Å². The van der Waals surface area contributed by atoms with Crippen molar-refractivity contribution in [3.05, 3.63) is 11.7 Å². The fourth-order valence-electron chi connectivity index (χ4n) is 3.06. The summed E-state index contributed by atoms with van der Waals surface area (Å²) >= 11 is 0. The summed E-state index contributed by atoms with van der Waals surface area (Å²) in [5.41, 5.74) is -0.101. The Morgan fingerprint density at radius 2 is 1.95 bits per heavy atom. The predicted octanol–water partition coefficient (Wildman–Crippen LogP) is 3.03. The Hall–Kier alpha value is -1.23. The van der Waals surface area contributed by atoms with E-state index in [1.54, 1.807) is 7.11 Å². The van der Waals surface area contributed by atoms with E-state index in [2.05, 4.69) is 24.0 Å². The van der Waals surface area contributed by atoms with Gasteiger partial charge in [-0.25, -0.2) is 0 Å². The topological polar surface area (TPSA) is 65.2 Å². The van der Waals surface area contributed by atoms with E-state index in [1.807, 2.05) is 0 Å². The highest BCUT2D eigenvalue weighted by atomic mass is 16.5. The lowest BCUT2D eigenvalue weighted by molar-refractivity contribution is -0.119. The summed E-state index contributed by atoms with van der Waals surface area (Å²) in [7, 11) is 1.71. The molecular formula is C16H24N2O3. The number of ether oxygens (including phenoxy) is 1. The molecule has 2 aliphatic carbocycles. The second-order valence-electron chi connectivity index (χ2n) is 7.29. The van der Waals surface area contributed by atoms with E-state index < -0.39 is 5.60 Å². The monoisotopic (exact) mass is 292 g/mol. The van der Waals surface area contributed by atoms with Crippen LogP contribution in [0.25, 0.3) is 0 Å². The number of Topliss-reactive ketones (excluding diaryl/α,β-unsaturated/α-hetero) is 1. The zero-order valence-electron chi connectivity index (χ0n) is 13.1. The summed E-state index contributed by atoms with van der Waals surface area (Å²) in [4.78, 5) is 16.3. The lowest BCUT2D eigenvalue weighted by atomic mass is 9.70. The van der Waals surface area contributed by atoms with Crippen LogP contribution in [0, 0.1) is 11.3 Å². The number of rotatable bonds is 5. The van der Waals surface area contributed by atoms with Gasteiger partial charge in [0.2, 0.25) is 11.7 Å². The number of methoxy groups -OCH3 is 1. The molecule has 0 amide bonds. The molecule has 1 aromatic heterocycles. The van der Waals surface area contributed by atoms with Gasteiger partial charge in [0.05, 0.1) is 6.42 Å². The van der Waals surface area contributed by atoms with Crippen LogP contribution in [0.2, 0.25) is 0 Å². The first-order chi connectivity index (χ1) is 9.94. The molecule has 0 spiro atoms. The van der Waals surface area contributed by atoms with Crippen LogP contribution in [-0.4, -0.2) is 23.0 Å². The van der Waals surface area contributed by atoms with Gasteiger partial charge in [-0.05, 0) is 43.9 Å². The van der Waals surface area contributed by atoms with Crippen molar-refractivity contribution in [2.45, 2.75) is 64.4 Å². The number of hydrogen-bond donors (Lipinski definition) is 0. The minimum Gasteiger partial charge on any atom is -0.370 e. The maximum absolute atomic E-state index is 11.8. The number of ketones is 1. The molecule has 0 saturated heterocycles. The Morgan fingerprint density at radius 3 is 2.52 bits per heavy atom. The van der Waals surface area contributed by atoms with Crippen LogP contribution in [-0.2, 0) is 21.6 Å². The van der Waals surface area contributed by atoms with Crippen molar-refractivity contribution >= 4 is 5.78 Å². The Morgan fingerprint density at radius 1 is 1.29 bits per heavy atom. The van der Waals surface area contributed by atoms with Gasteiger partial charge in [0.1, 0.15) is 11.4 Å². The molecule has 2 fully saturated rings. The highest BCUT2D eigenvalue weighted by Crippen LogP contribution is 2.46. The summed E-state index contributed by atoms with van der Waals surface area (Å²) in [6, 6.07) is 0. The highest BCUT2D eigenvalue weighted by Gasteiger charge is 2.43. The van der Waals surface area contributed by atoms with E-state index in [1.165, 1.54) is 0 Å². The van der Waals surface area contributed by atoms with E-state index in [0.29, 0.717) is 17.1 Å². The van der Waals surface area contributed by atoms with Crippen molar-refractivity contribution in [1.29, 1.82) is 0 Å². The van der Waals surface area contributed by atoms with Crippen LogP contribution in [0.3, 0.4) is 0 Å². The largest absolute Gasteiger partial charge is 0.370 e. The van der Waals surface area contributed by atoms with Gasteiger partial charge in [-0.2, -0.15) is 4.98 Å². The van der Waals surface area contributed by atoms with Gasteiger partial charge in [-0.15, -0.1) is 0 Å². The maximum atomic E-state index is 11.8. The third-order valence-electron chi connectivity index (χ3n) is 5.04. The van der Waals surface area contributed by atoms with Crippen LogP contribution in [0.4, 0.5) is 0 Å². The van der Waals surface area contributed by atoms with Crippen molar-refractivity contribution in [2.75, 3.05) is 7.11 Å². The molecule has 0 aromatic carbocycles. The van der Waals surface area contributed by atoms with E-state index in [4.69, 9.17) is 9.26 Å². The summed E-state index contributed by atoms with van der Waals surface area (Å²) in [6.07, 6.45) is 6.23. The molecule has 116 valence electrons. The minimum atomic E-state index is -0.445. The van der Waals surface area contributed by atoms with Crippen LogP contribution in [0.15, 0.2) is 4.52 Å². The standard InChI is InChI=1S/C16H24N2O3/c1-15(2)6-8-16(20-3,9-7-15)14-17-13(21-18-14)10-12(19)11-4-5-11/h11H,4-10H2,1-3H3. The van der Waals surface area contributed by atoms with Crippen molar-refractivity contribution < 1.29 is 14.1 Å². The summed E-state index contributed by atoms with van der Waals surface area (Å²) < 4.78 is 11.0. The van der Waals surface area contributed by atoms with Crippen LogP contribution in [0.1, 0.15) is 64.1 Å². The highest BCUT2D eigenvalue weighted by molar-refractivity contribution is 5.84. The quantitative estimate of drug-likeness (QED) is 0.834. The summed E-state index contributed by atoms with van der Waals surface area (Å²) in [5, 5.41) is 4.10. The first-order valence-corrected chi connectivity index (χ1v) is 7.85. The molecule has 21 heavy (non-hydrogen) atoms. The van der Waals surface area contributed by atoms with Gasteiger partial charge >= 0.3 is 0 Å². The number of carbonyl (C=O) groups is 1. The normalized spacial score (nSPS) is 24.0. The van der Waals surface area contributed by atoms with Gasteiger partial charge in [0, 0.05) is 13.0 Å². The Kier molecular flexibility index (Phi) is 3.64. The number of hydrogen-bond acceptors (Lipinski definition) is 5. The molecule has 1 heterocycles. The molecule has 0 unspecified atom stereocenters. The Labute approximate surface area is 125 Å².